The van der Waals surface area contributed by atoms with Gasteiger partial charge in [0.2, 0.25) is 0 Å². The van der Waals surface area contributed by atoms with Gasteiger partial charge in [0.25, 0.3) is 5.91 Å². The maximum absolute atomic E-state index is 13.3. The Hall–Kier alpha value is -1.57. The third-order valence-corrected chi connectivity index (χ3v) is 7.41. The molecule has 7 heteroatoms. The molecule has 4 heterocycles. The van der Waals surface area contributed by atoms with Crippen molar-refractivity contribution in [1.29, 1.82) is 0 Å². The number of rotatable bonds is 2. The third-order valence-electron chi connectivity index (χ3n) is 6.28. The highest BCUT2D eigenvalue weighted by Gasteiger charge is 2.35. The van der Waals surface area contributed by atoms with Gasteiger partial charge in [0.1, 0.15) is 0 Å². The number of hydrogen-bond donors (Lipinski definition) is 0. The lowest BCUT2D eigenvalue weighted by Crippen LogP contribution is -2.41. The first-order valence-corrected chi connectivity index (χ1v) is 11.4. The SMILES string of the molecule is CN1CCC(n2nc(C(=O)N3CCOCC3)c3c2C2=CCCC=C2SC3)CC1. The van der Waals surface area contributed by atoms with Gasteiger partial charge in [0, 0.05) is 34.9 Å². The van der Waals surface area contributed by atoms with Gasteiger partial charge in [-0.2, -0.15) is 5.10 Å². The molecule has 150 valence electrons. The molecule has 0 N–H and O–H groups in total. The van der Waals surface area contributed by atoms with E-state index < -0.39 is 0 Å². The Morgan fingerprint density at radius 1 is 1.14 bits per heavy atom. The maximum atomic E-state index is 13.3. The monoisotopic (exact) mass is 400 g/mol. The number of ether oxygens (including phenoxy) is 1. The van der Waals surface area contributed by atoms with Gasteiger partial charge >= 0.3 is 0 Å². The van der Waals surface area contributed by atoms with Crippen LogP contribution in [0.3, 0.4) is 0 Å². The quantitative estimate of drug-likeness (QED) is 0.764. The van der Waals surface area contributed by atoms with Gasteiger partial charge < -0.3 is 14.5 Å². The summed E-state index contributed by atoms with van der Waals surface area (Å²) in [6, 6.07) is 0.378. The van der Waals surface area contributed by atoms with E-state index in [1.807, 2.05) is 16.7 Å². The molecule has 0 spiro atoms. The van der Waals surface area contributed by atoms with Gasteiger partial charge in [-0.25, -0.2) is 0 Å². The van der Waals surface area contributed by atoms with Crippen LogP contribution in [0.4, 0.5) is 0 Å². The van der Waals surface area contributed by atoms with Crippen LogP contribution < -0.4 is 0 Å². The highest BCUT2D eigenvalue weighted by molar-refractivity contribution is 8.03. The molecule has 0 saturated carbocycles. The lowest BCUT2D eigenvalue weighted by Gasteiger charge is -2.31. The third kappa shape index (κ3) is 3.23. The smallest absolute Gasteiger partial charge is 0.274 e. The Balaban J connectivity index is 1.56. The second kappa shape index (κ2) is 7.69. The molecule has 5 rings (SSSR count). The van der Waals surface area contributed by atoms with Crippen molar-refractivity contribution in [3.63, 3.8) is 0 Å². The van der Waals surface area contributed by atoms with Crippen LogP contribution in [0.1, 0.15) is 53.5 Å². The molecule has 4 aliphatic rings. The van der Waals surface area contributed by atoms with E-state index in [4.69, 9.17) is 9.84 Å². The van der Waals surface area contributed by atoms with E-state index in [1.54, 1.807) is 0 Å². The summed E-state index contributed by atoms with van der Waals surface area (Å²) in [6.07, 6.45) is 9.09. The molecule has 1 aromatic rings. The van der Waals surface area contributed by atoms with Crippen molar-refractivity contribution in [3.05, 3.63) is 34.0 Å². The van der Waals surface area contributed by atoms with Gasteiger partial charge in [0.05, 0.1) is 24.9 Å². The largest absolute Gasteiger partial charge is 0.378 e. The van der Waals surface area contributed by atoms with Gasteiger partial charge in [-0.3, -0.25) is 9.48 Å². The van der Waals surface area contributed by atoms with E-state index in [0.717, 1.165) is 50.1 Å². The molecule has 1 aromatic heterocycles. The number of carbonyl (C=O) groups excluding carboxylic acids is 1. The molecule has 0 radical (unpaired) electrons. The molecular weight excluding hydrogens is 372 g/mol. The number of fused-ring (bicyclic) bond motifs is 3. The van der Waals surface area contributed by atoms with Crippen LogP contribution in [0.15, 0.2) is 17.1 Å². The van der Waals surface area contributed by atoms with E-state index in [-0.39, 0.29) is 5.91 Å². The summed E-state index contributed by atoms with van der Waals surface area (Å²) in [7, 11) is 2.18. The predicted octanol–water partition coefficient (Wildman–Crippen LogP) is 2.93. The summed E-state index contributed by atoms with van der Waals surface area (Å²) in [5.74, 6) is 0.923. The lowest BCUT2D eigenvalue weighted by molar-refractivity contribution is 0.0297. The average Bonchev–Trinajstić information content (AvgIpc) is 3.14. The molecule has 0 aromatic carbocycles. The van der Waals surface area contributed by atoms with Crippen LogP contribution in [-0.4, -0.2) is 71.9 Å². The van der Waals surface area contributed by atoms with Gasteiger partial charge in [-0.15, -0.1) is 11.8 Å². The minimum atomic E-state index is 0.0793. The van der Waals surface area contributed by atoms with E-state index >= 15 is 0 Å². The number of thioether (sulfide) groups is 1. The van der Waals surface area contributed by atoms with Crippen molar-refractivity contribution < 1.29 is 9.53 Å². The summed E-state index contributed by atoms with van der Waals surface area (Å²) in [5.41, 5.74) is 4.35. The minimum Gasteiger partial charge on any atom is -0.378 e. The normalized spacial score (nSPS) is 23.7. The molecule has 1 aliphatic carbocycles. The summed E-state index contributed by atoms with van der Waals surface area (Å²) < 4.78 is 7.66. The number of amides is 1. The molecule has 2 saturated heterocycles. The molecule has 2 fully saturated rings. The number of carbonyl (C=O) groups is 1. The molecular formula is C21H28N4O2S. The number of likely N-dealkylation sites (tertiary alicyclic amines) is 1. The van der Waals surface area contributed by atoms with Crippen molar-refractivity contribution in [2.45, 2.75) is 37.5 Å². The van der Waals surface area contributed by atoms with Gasteiger partial charge in [-0.1, -0.05) is 12.2 Å². The molecule has 0 bridgehead atoms. The van der Waals surface area contributed by atoms with Crippen LogP contribution in [0.25, 0.3) is 5.57 Å². The summed E-state index contributed by atoms with van der Waals surface area (Å²) in [4.78, 5) is 19.0. The Morgan fingerprint density at radius 3 is 2.68 bits per heavy atom. The maximum Gasteiger partial charge on any atom is 0.274 e. The Morgan fingerprint density at radius 2 is 1.89 bits per heavy atom. The summed E-state index contributed by atoms with van der Waals surface area (Å²) in [6.45, 7) is 4.74. The summed E-state index contributed by atoms with van der Waals surface area (Å²) in [5, 5.41) is 4.99. The van der Waals surface area contributed by atoms with Crippen molar-refractivity contribution in [1.82, 2.24) is 19.6 Å². The van der Waals surface area contributed by atoms with Gasteiger partial charge in [0.15, 0.2) is 5.69 Å². The fraction of sp³-hybridized carbons (Fsp3) is 0.619. The van der Waals surface area contributed by atoms with Crippen molar-refractivity contribution in [2.75, 3.05) is 46.4 Å². The van der Waals surface area contributed by atoms with Gasteiger partial charge in [-0.05, 0) is 45.8 Å². The number of nitrogens with zero attached hydrogens (tertiary/aromatic N) is 4. The topological polar surface area (TPSA) is 50.6 Å². The number of hydrogen-bond acceptors (Lipinski definition) is 5. The first-order valence-electron chi connectivity index (χ1n) is 10.4. The second-order valence-electron chi connectivity index (χ2n) is 8.11. The first kappa shape index (κ1) is 18.5. The van der Waals surface area contributed by atoms with Crippen molar-refractivity contribution >= 4 is 23.2 Å². The highest BCUT2D eigenvalue weighted by Crippen LogP contribution is 2.46. The Bertz CT molecular complexity index is 830. The molecule has 3 aliphatic heterocycles. The predicted molar refractivity (Wildman–Crippen MR) is 111 cm³/mol. The standard InChI is InChI=1S/C21H28N4O2S/c1-23-8-6-15(7-9-23)25-20-16-4-2-3-5-18(16)28-14-17(20)19(22-25)21(26)24-10-12-27-13-11-24/h4-5,15H,2-3,6-14H2,1H3. The molecule has 0 atom stereocenters. The van der Waals surface area contributed by atoms with Crippen molar-refractivity contribution in [3.8, 4) is 0 Å². The fourth-order valence-corrected chi connectivity index (χ4v) is 5.78. The van der Waals surface area contributed by atoms with E-state index in [0.29, 0.717) is 38.0 Å². The average molecular weight is 401 g/mol. The zero-order chi connectivity index (χ0) is 19.1. The van der Waals surface area contributed by atoms with Crippen LogP contribution in [0.5, 0.6) is 0 Å². The molecule has 1 amide bonds. The number of piperidine rings is 1. The van der Waals surface area contributed by atoms with E-state index in [2.05, 4.69) is 28.8 Å². The zero-order valence-corrected chi connectivity index (χ0v) is 17.3. The fourth-order valence-electron chi connectivity index (χ4n) is 4.64. The van der Waals surface area contributed by atoms with Crippen LogP contribution >= 0.6 is 11.8 Å². The molecule has 28 heavy (non-hydrogen) atoms. The van der Waals surface area contributed by atoms with Crippen LogP contribution in [0, 0.1) is 0 Å². The lowest BCUT2D eigenvalue weighted by atomic mass is 9.98. The molecule has 0 unspecified atom stereocenters. The van der Waals surface area contributed by atoms with Crippen LogP contribution in [-0.2, 0) is 10.5 Å². The van der Waals surface area contributed by atoms with E-state index in [9.17, 15) is 4.79 Å². The van der Waals surface area contributed by atoms with Crippen LogP contribution in [0.2, 0.25) is 0 Å². The first-order chi connectivity index (χ1) is 13.7. The molecule has 6 nitrogen and oxygen atoms in total. The summed E-state index contributed by atoms with van der Waals surface area (Å²) >= 11 is 1.86. The Kier molecular flexibility index (Phi) is 5.07. The number of morpholine rings is 1. The Labute approximate surface area is 170 Å². The number of aromatic nitrogens is 2. The second-order valence-corrected chi connectivity index (χ2v) is 9.13. The van der Waals surface area contributed by atoms with Crippen molar-refractivity contribution in [2.24, 2.45) is 0 Å². The highest BCUT2D eigenvalue weighted by atomic mass is 32.2. The minimum absolute atomic E-state index is 0.0793. The zero-order valence-electron chi connectivity index (χ0n) is 16.5. The number of allylic oxidation sites excluding steroid dienone is 3. The van der Waals surface area contributed by atoms with E-state index in [1.165, 1.54) is 16.2 Å².